The molecule has 1 unspecified atom stereocenters. The molecule has 0 saturated heterocycles. The van der Waals surface area contributed by atoms with E-state index in [2.05, 4.69) is 17.1 Å². The molecule has 22 heavy (non-hydrogen) atoms. The van der Waals surface area contributed by atoms with Gasteiger partial charge in [0.05, 0.1) is 6.04 Å². The van der Waals surface area contributed by atoms with Gasteiger partial charge < -0.3 is 9.80 Å². The van der Waals surface area contributed by atoms with Crippen molar-refractivity contribution in [3.8, 4) is 6.19 Å². The summed E-state index contributed by atoms with van der Waals surface area (Å²) in [6.45, 7) is 0. The standard InChI is InChI=1S/C17H15ClN4/c1-21-15-9-8-13(18)10-14(15)16(12-6-4-3-5-7-12)22(2)17(21)20-11-19/h3-10,16H,1-2H3. The average molecular weight is 311 g/mol. The highest BCUT2D eigenvalue weighted by molar-refractivity contribution is 6.30. The van der Waals surface area contributed by atoms with E-state index in [1.165, 1.54) is 0 Å². The third-order valence-corrected chi connectivity index (χ3v) is 4.15. The van der Waals surface area contributed by atoms with E-state index in [1.807, 2.05) is 66.5 Å². The second-order valence-electron chi connectivity index (χ2n) is 5.20. The lowest BCUT2D eigenvalue weighted by Crippen LogP contribution is -2.47. The number of hydrogen-bond donors (Lipinski definition) is 0. The molecule has 0 amide bonds. The Hall–Kier alpha value is -2.51. The lowest BCUT2D eigenvalue weighted by atomic mass is 9.94. The summed E-state index contributed by atoms with van der Waals surface area (Å²) in [7, 11) is 3.84. The summed E-state index contributed by atoms with van der Waals surface area (Å²) in [6.07, 6.45) is 1.89. The summed E-state index contributed by atoms with van der Waals surface area (Å²) < 4.78 is 0. The van der Waals surface area contributed by atoms with Crippen LogP contribution in [0.15, 0.2) is 53.5 Å². The Balaban J connectivity index is 2.24. The summed E-state index contributed by atoms with van der Waals surface area (Å²) in [4.78, 5) is 7.89. The van der Waals surface area contributed by atoms with Crippen molar-refractivity contribution in [2.75, 3.05) is 19.0 Å². The molecular weight excluding hydrogens is 296 g/mol. The molecule has 5 heteroatoms. The summed E-state index contributed by atoms with van der Waals surface area (Å²) in [5.41, 5.74) is 3.23. The summed E-state index contributed by atoms with van der Waals surface area (Å²) >= 11 is 6.20. The smallest absolute Gasteiger partial charge is 0.217 e. The van der Waals surface area contributed by atoms with Gasteiger partial charge in [-0.15, -0.1) is 4.99 Å². The molecule has 4 nitrogen and oxygen atoms in total. The Morgan fingerprint density at radius 3 is 2.55 bits per heavy atom. The molecule has 0 spiro atoms. The zero-order chi connectivity index (χ0) is 15.7. The third kappa shape index (κ3) is 2.30. The van der Waals surface area contributed by atoms with E-state index in [9.17, 15) is 0 Å². The molecule has 3 rings (SSSR count). The maximum absolute atomic E-state index is 8.99. The predicted molar refractivity (Wildman–Crippen MR) is 89.0 cm³/mol. The number of benzene rings is 2. The minimum atomic E-state index is -0.0294. The van der Waals surface area contributed by atoms with Crippen LogP contribution in [0.2, 0.25) is 5.02 Å². The Kier molecular flexibility index (Phi) is 3.74. The molecule has 1 aliphatic rings. The molecule has 0 aromatic heterocycles. The molecule has 0 aliphatic carbocycles. The molecule has 0 fully saturated rings. The number of fused-ring (bicyclic) bond motifs is 1. The predicted octanol–water partition coefficient (Wildman–Crippen LogP) is 3.65. The first-order valence-electron chi connectivity index (χ1n) is 6.91. The Labute approximate surface area is 134 Å². The van der Waals surface area contributed by atoms with E-state index < -0.39 is 0 Å². The zero-order valence-electron chi connectivity index (χ0n) is 12.4. The first-order valence-corrected chi connectivity index (χ1v) is 7.29. The van der Waals surface area contributed by atoms with Crippen molar-refractivity contribution in [3.05, 3.63) is 64.7 Å². The average Bonchev–Trinajstić information content (AvgIpc) is 2.52. The van der Waals surface area contributed by atoms with Crippen LogP contribution in [0.1, 0.15) is 17.2 Å². The summed E-state index contributed by atoms with van der Waals surface area (Å²) in [5.74, 6) is 0.617. The van der Waals surface area contributed by atoms with E-state index in [0.29, 0.717) is 11.0 Å². The van der Waals surface area contributed by atoms with Gasteiger partial charge in [-0.2, -0.15) is 5.26 Å². The van der Waals surface area contributed by atoms with Gasteiger partial charge in [-0.05, 0) is 23.8 Å². The molecular formula is C17H15ClN4. The fourth-order valence-corrected chi connectivity index (χ4v) is 3.14. The van der Waals surface area contributed by atoms with Crippen molar-refractivity contribution in [3.63, 3.8) is 0 Å². The highest BCUT2D eigenvalue weighted by atomic mass is 35.5. The molecule has 2 aromatic carbocycles. The number of nitrogens with zero attached hydrogens (tertiary/aromatic N) is 4. The molecule has 1 heterocycles. The number of hydrogen-bond acceptors (Lipinski definition) is 2. The summed E-state index contributed by atoms with van der Waals surface area (Å²) in [5, 5.41) is 9.69. The molecule has 0 N–H and O–H groups in total. The van der Waals surface area contributed by atoms with Crippen LogP contribution in [-0.2, 0) is 0 Å². The van der Waals surface area contributed by atoms with Crippen LogP contribution in [0.25, 0.3) is 0 Å². The maximum Gasteiger partial charge on any atom is 0.217 e. The van der Waals surface area contributed by atoms with Crippen LogP contribution in [0.3, 0.4) is 0 Å². The minimum absolute atomic E-state index is 0.0294. The van der Waals surface area contributed by atoms with Crippen LogP contribution in [0, 0.1) is 11.5 Å². The lowest BCUT2D eigenvalue weighted by molar-refractivity contribution is 0.411. The van der Waals surface area contributed by atoms with Crippen molar-refractivity contribution in [2.45, 2.75) is 6.04 Å². The molecule has 0 radical (unpaired) electrons. The number of nitriles is 1. The van der Waals surface area contributed by atoms with Gasteiger partial charge in [-0.25, -0.2) is 0 Å². The molecule has 1 atom stereocenters. The topological polar surface area (TPSA) is 42.6 Å². The van der Waals surface area contributed by atoms with Crippen molar-refractivity contribution >= 4 is 23.2 Å². The van der Waals surface area contributed by atoms with E-state index in [0.717, 1.165) is 16.8 Å². The van der Waals surface area contributed by atoms with Crippen molar-refractivity contribution < 1.29 is 0 Å². The highest BCUT2D eigenvalue weighted by Gasteiger charge is 2.33. The normalized spacial score (nSPS) is 19.0. The van der Waals surface area contributed by atoms with Crippen molar-refractivity contribution in [2.24, 2.45) is 4.99 Å². The Morgan fingerprint density at radius 1 is 1.14 bits per heavy atom. The lowest BCUT2D eigenvalue weighted by Gasteiger charge is -2.42. The SMILES string of the molecule is CN1C(=NC#N)N(C)C(c2ccccc2)c2cc(Cl)ccc21. The molecule has 110 valence electrons. The molecule has 2 aromatic rings. The van der Waals surface area contributed by atoms with Crippen LogP contribution in [-0.4, -0.2) is 25.0 Å². The fourth-order valence-electron chi connectivity index (χ4n) is 2.96. The monoisotopic (exact) mass is 310 g/mol. The molecule has 1 aliphatic heterocycles. The van der Waals surface area contributed by atoms with Crippen LogP contribution >= 0.6 is 11.6 Å². The van der Waals surface area contributed by atoms with Gasteiger partial charge in [0, 0.05) is 30.4 Å². The van der Waals surface area contributed by atoms with E-state index in [1.54, 1.807) is 0 Å². The third-order valence-electron chi connectivity index (χ3n) is 3.91. The fraction of sp³-hybridized carbons (Fsp3) is 0.176. The number of aliphatic imine (C=N–C) groups is 1. The second-order valence-corrected chi connectivity index (χ2v) is 5.63. The van der Waals surface area contributed by atoms with Crippen LogP contribution < -0.4 is 4.90 Å². The maximum atomic E-state index is 8.99. The largest absolute Gasteiger partial charge is 0.333 e. The quantitative estimate of drug-likeness (QED) is 0.755. The van der Waals surface area contributed by atoms with Gasteiger partial charge in [0.15, 0.2) is 0 Å². The second kappa shape index (κ2) is 5.70. The van der Waals surface area contributed by atoms with E-state index in [-0.39, 0.29) is 6.04 Å². The number of rotatable bonds is 1. The molecule has 0 saturated carbocycles. The minimum Gasteiger partial charge on any atom is -0.333 e. The zero-order valence-corrected chi connectivity index (χ0v) is 13.1. The van der Waals surface area contributed by atoms with Crippen LogP contribution in [0.5, 0.6) is 0 Å². The van der Waals surface area contributed by atoms with Gasteiger partial charge in [-0.1, -0.05) is 41.9 Å². The Bertz CT molecular complexity index is 764. The number of halogens is 1. The van der Waals surface area contributed by atoms with E-state index >= 15 is 0 Å². The summed E-state index contributed by atoms with van der Waals surface area (Å²) in [6, 6.07) is 15.9. The number of guanidine groups is 1. The van der Waals surface area contributed by atoms with Gasteiger partial charge in [0.2, 0.25) is 12.2 Å². The van der Waals surface area contributed by atoms with Gasteiger partial charge in [0.25, 0.3) is 0 Å². The first kappa shape index (κ1) is 14.4. The first-order chi connectivity index (χ1) is 10.6. The molecule has 0 bridgehead atoms. The van der Waals surface area contributed by atoms with E-state index in [4.69, 9.17) is 16.9 Å². The Morgan fingerprint density at radius 2 is 1.86 bits per heavy atom. The van der Waals surface area contributed by atoms with Crippen molar-refractivity contribution in [1.82, 2.24) is 4.90 Å². The van der Waals surface area contributed by atoms with Gasteiger partial charge in [0.1, 0.15) is 0 Å². The number of anilines is 1. The highest BCUT2D eigenvalue weighted by Crippen LogP contribution is 2.40. The van der Waals surface area contributed by atoms with Gasteiger partial charge >= 0.3 is 0 Å². The van der Waals surface area contributed by atoms with Gasteiger partial charge in [-0.3, -0.25) is 0 Å². The van der Waals surface area contributed by atoms with Crippen LogP contribution in [0.4, 0.5) is 5.69 Å². The van der Waals surface area contributed by atoms with Crippen molar-refractivity contribution in [1.29, 1.82) is 5.26 Å².